The monoisotopic (exact) mass is 376 g/mol. The number of amides is 1. The van der Waals surface area contributed by atoms with Gasteiger partial charge in [-0.25, -0.2) is 0 Å². The maximum atomic E-state index is 13.1. The molecule has 2 aromatic rings. The van der Waals surface area contributed by atoms with E-state index in [9.17, 15) is 9.90 Å². The van der Waals surface area contributed by atoms with Crippen LogP contribution in [0.5, 0.6) is 0 Å². The molecular weight excluding hydrogens is 359 g/mol. The van der Waals surface area contributed by atoms with E-state index in [0.717, 1.165) is 23.2 Å². The summed E-state index contributed by atoms with van der Waals surface area (Å²) in [6, 6.07) is 13.2. The molecule has 3 N–H and O–H groups in total. The van der Waals surface area contributed by atoms with Gasteiger partial charge in [0.25, 0.3) is 0 Å². The first-order chi connectivity index (χ1) is 12.0. The van der Waals surface area contributed by atoms with Gasteiger partial charge in [0.1, 0.15) is 5.54 Å². The smallest absolute Gasteiger partial charge is 0.250 e. The molecule has 1 amide bonds. The minimum absolute atomic E-state index is 0.0429. The minimum Gasteiger partial charge on any atom is -0.396 e. The van der Waals surface area contributed by atoms with Crippen molar-refractivity contribution in [2.45, 2.75) is 30.3 Å². The van der Waals surface area contributed by atoms with E-state index in [2.05, 4.69) is 10.6 Å². The maximum absolute atomic E-state index is 13.1. The number of benzene rings is 2. The molecule has 25 heavy (non-hydrogen) atoms. The Labute approximate surface area is 156 Å². The lowest BCUT2D eigenvalue weighted by molar-refractivity contribution is -0.122. The highest BCUT2D eigenvalue weighted by Gasteiger charge is 2.57. The number of anilines is 1. The lowest BCUT2D eigenvalue weighted by Gasteiger charge is -2.30. The number of nitrogens with one attached hydrogen (secondary N) is 2. The van der Waals surface area contributed by atoms with Gasteiger partial charge < -0.3 is 10.4 Å². The summed E-state index contributed by atoms with van der Waals surface area (Å²) >= 11 is 12.3. The predicted molar refractivity (Wildman–Crippen MR) is 99.2 cm³/mol. The number of carbonyl (C=O) groups is 1. The maximum Gasteiger partial charge on any atom is 0.250 e. The fraction of sp³-hybridized carbons (Fsp3) is 0.316. The van der Waals surface area contributed by atoms with Crippen LogP contribution in [0.3, 0.4) is 0 Å². The van der Waals surface area contributed by atoms with Crippen LogP contribution in [0.1, 0.15) is 29.9 Å². The Bertz CT molecular complexity index is 842. The van der Waals surface area contributed by atoms with Crippen molar-refractivity contribution in [1.82, 2.24) is 5.32 Å². The molecule has 0 unspecified atom stereocenters. The molecule has 4 rings (SSSR count). The van der Waals surface area contributed by atoms with Crippen LogP contribution in [0.2, 0.25) is 10.0 Å². The molecule has 4 nitrogen and oxygen atoms in total. The third-order valence-electron chi connectivity index (χ3n) is 5.22. The molecule has 2 heterocycles. The van der Waals surface area contributed by atoms with Gasteiger partial charge in [-0.2, -0.15) is 0 Å². The van der Waals surface area contributed by atoms with Crippen LogP contribution in [0.15, 0.2) is 42.5 Å². The molecule has 2 aliphatic heterocycles. The van der Waals surface area contributed by atoms with Crippen molar-refractivity contribution in [1.29, 1.82) is 0 Å². The van der Waals surface area contributed by atoms with Crippen molar-refractivity contribution < 1.29 is 9.90 Å². The lowest BCUT2D eigenvalue weighted by atomic mass is 9.76. The number of aliphatic hydroxyl groups is 1. The van der Waals surface area contributed by atoms with Gasteiger partial charge in [0.2, 0.25) is 5.91 Å². The van der Waals surface area contributed by atoms with E-state index in [0.29, 0.717) is 16.5 Å². The Hall–Kier alpha value is -1.59. The number of hydrogen-bond donors (Lipinski definition) is 3. The molecule has 3 atom stereocenters. The van der Waals surface area contributed by atoms with Crippen LogP contribution >= 0.6 is 23.2 Å². The molecular formula is C19H18Cl2N2O2. The van der Waals surface area contributed by atoms with E-state index >= 15 is 0 Å². The average Bonchev–Trinajstić information content (AvgIpc) is 3.07. The predicted octanol–water partition coefficient (Wildman–Crippen LogP) is 3.67. The van der Waals surface area contributed by atoms with Crippen LogP contribution < -0.4 is 10.6 Å². The first-order valence-corrected chi connectivity index (χ1v) is 9.05. The van der Waals surface area contributed by atoms with E-state index in [1.807, 2.05) is 30.3 Å². The largest absolute Gasteiger partial charge is 0.396 e. The van der Waals surface area contributed by atoms with Gasteiger partial charge in [0.15, 0.2) is 0 Å². The molecule has 0 saturated carbocycles. The topological polar surface area (TPSA) is 61.4 Å². The molecule has 1 spiro atoms. The molecule has 0 bridgehead atoms. The first kappa shape index (κ1) is 16.9. The normalized spacial score (nSPS) is 27.6. The number of rotatable bonds is 3. The van der Waals surface area contributed by atoms with E-state index < -0.39 is 5.54 Å². The fourth-order valence-corrected chi connectivity index (χ4v) is 4.57. The van der Waals surface area contributed by atoms with Crippen molar-refractivity contribution in [3.05, 3.63) is 63.6 Å². The standard InChI is InChI=1S/C19H18Cl2N2O2/c20-12-3-1-2-11(8-12)16-10-14(6-7-24)23-19(16)15-5-4-13(21)9-17(15)22-18(19)25/h1-5,8-9,14,16,23-24H,6-7,10H2,(H,22,25)/t14-,16+,19+/m0/s1. The lowest BCUT2D eigenvalue weighted by Crippen LogP contribution is -2.49. The fourth-order valence-electron chi connectivity index (χ4n) is 4.19. The zero-order valence-electron chi connectivity index (χ0n) is 13.4. The molecule has 2 aliphatic rings. The van der Waals surface area contributed by atoms with Gasteiger partial charge >= 0.3 is 0 Å². The van der Waals surface area contributed by atoms with Gasteiger partial charge in [-0.1, -0.05) is 41.4 Å². The molecule has 0 aliphatic carbocycles. The van der Waals surface area contributed by atoms with Crippen molar-refractivity contribution in [2.24, 2.45) is 0 Å². The summed E-state index contributed by atoms with van der Waals surface area (Å²) < 4.78 is 0. The number of fused-ring (bicyclic) bond motifs is 2. The SMILES string of the molecule is O=C1Nc2cc(Cl)ccc2[C@]12N[C@@H](CCO)C[C@@H]2c1cccc(Cl)c1. The Morgan fingerprint density at radius 2 is 1.96 bits per heavy atom. The number of carbonyl (C=O) groups excluding carboxylic acids is 1. The van der Waals surface area contributed by atoms with Crippen LogP contribution in [0, 0.1) is 0 Å². The van der Waals surface area contributed by atoms with Gasteiger partial charge in [-0.3, -0.25) is 10.1 Å². The van der Waals surface area contributed by atoms with Crippen LogP contribution in [0.4, 0.5) is 5.69 Å². The van der Waals surface area contributed by atoms with Crippen LogP contribution in [-0.2, 0) is 10.3 Å². The third kappa shape index (κ3) is 2.64. The third-order valence-corrected chi connectivity index (χ3v) is 5.69. The second kappa shape index (κ2) is 6.29. The summed E-state index contributed by atoms with van der Waals surface area (Å²) in [5, 5.41) is 17.1. The quantitative estimate of drug-likeness (QED) is 0.765. The number of halogens is 2. The highest BCUT2D eigenvalue weighted by atomic mass is 35.5. The van der Waals surface area contributed by atoms with Crippen molar-refractivity contribution in [3.63, 3.8) is 0 Å². The molecule has 0 aromatic heterocycles. The Balaban J connectivity index is 1.86. The summed E-state index contributed by atoms with van der Waals surface area (Å²) in [7, 11) is 0. The molecule has 6 heteroatoms. The highest BCUT2D eigenvalue weighted by molar-refractivity contribution is 6.31. The summed E-state index contributed by atoms with van der Waals surface area (Å²) in [4.78, 5) is 13.1. The van der Waals surface area contributed by atoms with Gasteiger partial charge in [0.05, 0.1) is 0 Å². The highest BCUT2D eigenvalue weighted by Crippen LogP contribution is 2.52. The van der Waals surface area contributed by atoms with Crippen molar-refractivity contribution >= 4 is 34.8 Å². The summed E-state index contributed by atoms with van der Waals surface area (Å²) in [5.41, 5.74) is 1.78. The first-order valence-electron chi connectivity index (χ1n) is 8.30. The minimum atomic E-state index is -0.871. The van der Waals surface area contributed by atoms with Gasteiger partial charge in [0, 0.05) is 39.9 Å². The second-order valence-corrected chi connectivity index (χ2v) is 7.52. The summed E-state index contributed by atoms with van der Waals surface area (Å²) in [6.45, 7) is 0.0745. The van der Waals surface area contributed by atoms with Gasteiger partial charge in [-0.15, -0.1) is 0 Å². The summed E-state index contributed by atoms with van der Waals surface area (Å²) in [6.07, 6.45) is 1.34. The molecule has 0 radical (unpaired) electrons. The van der Waals surface area contributed by atoms with E-state index in [-0.39, 0.29) is 24.5 Å². The zero-order chi connectivity index (χ0) is 17.6. The Kier molecular flexibility index (Phi) is 4.24. The summed E-state index contributed by atoms with van der Waals surface area (Å²) in [5.74, 6) is -0.166. The number of aliphatic hydroxyl groups excluding tert-OH is 1. The van der Waals surface area contributed by atoms with Crippen molar-refractivity contribution in [3.8, 4) is 0 Å². The molecule has 130 valence electrons. The van der Waals surface area contributed by atoms with E-state index in [1.165, 1.54) is 0 Å². The van der Waals surface area contributed by atoms with Gasteiger partial charge in [-0.05, 0) is 42.7 Å². The van der Waals surface area contributed by atoms with Crippen molar-refractivity contribution in [2.75, 3.05) is 11.9 Å². The van der Waals surface area contributed by atoms with E-state index in [1.54, 1.807) is 12.1 Å². The molecule has 1 fully saturated rings. The molecule has 2 aromatic carbocycles. The second-order valence-electron chi connectivity index (χ2n) is 6.65. The van der Waals surface area contributed by atoms with Crippen LogP contribution in [-0.4, -0.2) is 23.7 Å². The molecule has 1 saturated heterocycles. The van der Waals surface area contributed by atoms with E-state index in [4.69, 9.17) is 23.2 Å². The number of hydrogen-bond acceptors (Lipinski definition) is 3. The Morgan fingerprint density at radius 3 is 2.72 bits per heavy atom. The Morgan fingerprint density at radius 1 is 1.16 bits per heavy atom. The zero-order valence-corrected chi connectivity index (χ0v) is 14.9. The van der Waals surface area contributed by atoms with Crippen LogP contribution in [0.25, 0.3) is 0 Å². The average molecular weight is 377 g/mol.